The van der Waals surface area contributed by atoms with Gasteiger partial charge >= 0.3 is 0 Å². The minimum atomic E-state index is -0.944. The molecule has 1 aromatic carbocycles. The molecule has 0 radical (unpaired) electrons. The molecular weight excluding hydrogens is 414 g/mol. The molecule has 2 aromatic heterocycles. The molecule has 2 aliphatic rings. The van der Waals surface area contributed by atoms with Crippen molar-refractivity contribution in [3.05, 3.63) is 70.7 Å². The molecule has 1 aliphatic heterocycles. The van der Waals surface area contributed by atoms with Crippen LogP contribution in [0.1, 0.15) is 33.7 Å². The molecule has 0 saturated carbocycles. The average molecular weight is 434 g/mol. The van der Waals surface area contributed by atoms with Crippen LogP contribution < -0.4 is 4.90 Å². The van der Waals surface area contributed by atoms with Crippen LogP contribution in [-0.2, 0) is 12.8 Å². The molecule has 1 saturated heterocycles. The number of halogens is 2. The topological polar surface area (TPSA) is 78.1 Å². The third-order valence-corrected chi connectivity index (χ3v) is 6.05. The van der Waals surface area contributed by atoms with Gasteiger partial charge in [0.2, 0.25) is 0 Å². The van der Waals surface area contributed by atoms with Crippen molar-refractivity contribution in [1.82, 2.24) is 19.7 Å². The lowest BCUT2D eigenvalue weighted by molar-refractivity contribution is 0.0739. The molecule has 5 rings (SSSR count). The monoisotopic (exact) mass is 434 g/mol. The van der Waals surface area contributed by atoms with E-state index in [1.54, 1.807) is 27.9 Å². The predicted octanol–water partition coefficient (Wildman–Crippen LogP) is 2.87. The minimum absolute atomic E-state index is 0.161. The van der Waals surface area contributed by atoms with E-state index in [0.717, 1.165) is 42.7 Å². The van der Waals surface area contributed by atoms with Crippen LogP contribution in [0.15, 0.2) is 36.5 Å². The number of fused-ring (bicyclic) bond motifs is 1. The van der Waals surface area contributed by atoms with Crippen molar-refractivity contribution in [3.63, 3.8) is 0 Å². The lowest BCUT2D eigenvalue weighted by Gasteiger charge is -2.35. The first-order chi connectivity index (χ1) is 15.6. The molecule has 0 N–H and O–H groups in total. The molecule has 1 amide bonds. The largest absolute Gasteiger partial charge is 0.352 e. The Morgan fingerprint density at radius 1 is 1.06 bits per heavy atom. The molecular formula is C23H20F2N6O. The summed E-state index contributed by atoms with van der Waals surface area (Å²) in [6, 6.07) is 9.26. The third-order valence-electron chi connectivity index (χ3n) is 6.05. The van der Waals surface area contributed by atoms with E-state index < -0.39 is 11.6 Å². The van der Waals surface area contributed by atoms with Crippen LogP contribution in [0, 0.1) is 23.0 Å². The number of aromatic nitrogens is 3. The Balaban J connectivity index is 1.38. The molecule has 0 bridgehead atoms. The van der Waals surface area contributed by atoms with Crippen molar-refractivity contribution in [2.45, 2.75) is 19.3 Å². The summed E-state index contributed by atoms with van der Waals surface area (Å²) in [5.74, 6) is -1.39. The third kappa shape index (κ3) is 3.38. The van der Waals surface area contributed by atoms with E-state index >= 15 is 0 Å². The number of nitriles is 1. The van der Waals surface area contributed by atoms with E-state index in [2.05, 4.69) is 16.2 Å². The van der Waals surface area contributed by atoms with Gasteiger partial charge in [0.25, 0.3) is 5.91 Å². The molecule has 0 spiro atoms. The highest BCUT2D eigenvalue weighted by Gasteiger charge is 2.31. The number of anilines is 1. The Labute approximate surface area is 183 Å². The summed E-state index contributed by atoms with van der Waals surface area (Å²) >= 11 is 0. The zero-order valence-electron chi connectivity index (χ0n) is 17.3. The number of piperazine rings is 1. The van der Waals surface area contributed by atoms with Crippen LogP contribution in [0.3, 0.4) is 0 Å². The van der Waals surface area contributed by atoms with Crippen molar-refractivity contribution in [3.8, 4) is 11.8 Å². The summed E-state index contributed by atoms with van der Waals surface area (Å²) in [5, 5.41) is 13.8. The zero-order valence-corrected chi connectivity index (χ0v) is 17.3. The first-order valence-electron chi connectivity index (χ1n) is 10.5. The molecule has 3 aromatic rings. The van der Waals surface area contributed by atoms with Crippen LogP contribution in [0.5, 0.6) is 0 Å². The second-order valence-electron chi connectivity index (χ2n) is 7.90. The highest BCUT2D eigenvalue weighted by molar-refractivity contribution is 5.94. The Morgan fingerprint density at radius 3 is 2.62 bits per heavy atom. The van der Waals surface area contributed by atoms with Gasteiger partial charge < -0.3 is 9.80 Å². The zero-order chi connectivity index (χ0) is 22.2. The maximum absolute atomic E-state index is 13.8. The maximum atomic E-state index is 13.8. The summed E-state index contributed by atoms with van der Waals surface area (Å²) in [4.78, 5) is 21.4. The minimum Gasteiger partial charge on any atom is -0.352 e. The lowest BCUT2D eigenvalue weighted by Crippen LogP contribution is -2.49. The number of benzene rings is 1. The summed E-state index contributed by atoms with van der Waals surface area (Å²) in [7, 11) is 0. The van der Waals surface area contributed by atoms with E-state index in [1.165, 1.54) is 6.07 Å². The number of hydrogen-bond acceptors (Lipinski definition) is 5. The summed E-state index contributed by atoms with van der Waals surface area (Å²) in [6.45, 7) is 2.08. The Kier molecular flexibility index (Phi) is 5.05. The first kappa shape index (κ1) is 20.1. The number of rotatable bonds is 3. The van der Waals surface area contributed by atoms with Gasteiger partial charge in [-0.25, -0.2) is 18.4 Å². The van der Waals surface area contributed by atoms with E-state index in [-0.39, 0.29) is 5.91 Å². The Bertz CT molecular complexity index is 1240. The average Bonchev–Trinajstić information content (AvgIpc) is 3.44. The molecule has 0 atom stereocenters. The quantitative estimate of drug-likeness (QED) is 0.634. The molecule has 0 unspecified atom stereocenters. The van der Waals surface area contributed by atoms with Gasteiger partial charge in [0, 0.05) is 49.7 Å². The fourth-order valence-corrected chi connectivity index (χ4v) is 4.45. The standard InChI is InChI=1S/C23H20F2N6O/c24-18-7-6-16(13-19(18)25)31-20-5-1-4-17(20)21(28-31)23(32)30-11-9-29(10-12-30)22-15(14-26)3-2-8-27-22/h2-3,6-8,13H,1,4-5,9-12H2. The number of carbonyl (C=O) groups is 1. The van der Waals surface area contributed by atoms with Crippen LogP contribution in [0.2, 0.25) is 0 Å². The summed E-state index contributed by atoms with van der Waals surface area (Å²) < 4.78 is 28.7. The van der Waals surface area contributed by atoms with Crippen molar-refractivity contribution < 1.29 is 13.6 Å². The fourth-order valence-electron chi connectivity index (χ4n) is 4.45. The molecule has 7 nitrogen and oxygen atoms in total. The number of amides is 1. The van der Waals surface area contributed by atoms with Gasteiger partial charge in [-0.1, -0.05) is 0 Å². The van der Waals surface area contributed by atoms with Gasteiger partial charge in [0.05, 0.1) is 11.3 Å². The highest BCUT2D eigenvalue weighted by Crippen LogP contribution is 2.29. The van der Waals surface area contributed by atoms with E-state index in [1.807, 2.05) is 4.90 Å². The van der Waals surface area contributed by atoms with Crippen LogP contribution in [0.25, 0.3) is 5.69 Å². The van der Waals surface area contributed by atoms with Crippen molar-refractivity contribution >= 4 is 11.7 Å². The molecule has 32 heavy (non-hydrogen) atoms. The van der Waals surface area contributed by atoms with Gasteiger partial charge in [0.1, 0.15) is 11.9 Å². The van der Waals surface area contributed by atoms with Crippen molar-refractivity contribution in [1.29, 1.82) is 5.26 Å². The number of carbonyl (C=O) groups excluding carboxylic acids is 1. The second-order valence-corrected chi connectivity index (χ2v) is 7.90. The normalized spacial score (nSPS) is 15.5. The second kappa shape index (κ2) is 8.04. The predicted molar refractivity (Wildman–Crippen MR) is 113 cm³/mol. The Hall–Kier alpha value is -3.80. The lowest BCUT2D eigenvalue weighted by atomic mass is 10.1. The van der Waals surface area contributed by atoms with Gasteiger partial charge in [-0.3, -0.25) is 4.79 Å². The van der Waals surface area contributed by atoms with Crippen LogP contribution in [-0.4, -0.2) is 51.8 Å². The molecule has 3 heterocycles. The van der Waals surface area contributed by atoms with E-state index in [4.69, 9.17) is 0 Å². The SMILES string of the molecule is N#Cc1cccnc1N1CCN(C(=O)c2nn(-c3ccc(F)c(F)c3)c3c2CCC3)CC1. The summed E-state index contributed by atoms with van der Waals surface area (Å²) in [5.41, 5.74) is 3.07. The van der Waals surface area contributed by atoms with Crippen molar-refractivity contribution in [2.24, 2.45) is 0 Å². The van der Waals surface area contributed by atoms with Gasteiger partial charge in [-0.2, -0.15) is 10.4 Å². The van der Waals surface area contributed by atoms with Crippen molar-refractivity contribution in [2.75, 3.05) is 31.1 Å². The van der Waals surface area contributed by atoms with E-state index in [0.29, 0.717) is 48.9 Å². The fraction of sp³-hybridized carbons (Fsp3) is 0.304. The van der Waals surface area contributed by atoms with Gasteiger partial charge in [0.15, 0.2) is 17.3 Å². The molecule has 1 fully saturated rings. The molecule has 9 heteroatoms. The van der Waals surface area contributed by atoms with Gasteiger partial charge in [-0.05, 0) is 43.5 Å². The Morgan fingerprint density at radius 2 is 1.88 bits per heavy atom. The van der Waals surface area contributed by atoms with Crippen LogP contribution >= 0.6 is 0 Å². The molecule has 1 aliphatic carbocycles. The van der Waals surface area contributed by atoms with Gasteiger partial charge in [-0.15, -0.1) is 0 Å². The maximum Gasteiger partial charge on any atom is 0.274 e. The molecule has 162 valence electrons. The summed E-state index contributed by atoms with van der Waals surface area (Å²) in [6.07, 6.45) is 4.02. The van der Waals surface area contributed by atoms with E-state index in [9.17, 15) is 18.8 Å². The smallest absolute Gasteiger partial charge is 0.274 e. The highest BCUT2D eigenvalue weighted by atomic mass is 19.2. The number of nitrogens with zero attached hydrogens (tertiary/aromatic N) is 6. The first-order valence-corrected chi connectivity index (χ1v) is 10.5. The number of hydrogen-bond donors (Lipinski definition) is 0. The van der Waals surface area contributed by atoms with Crippen LogP contribution in [0.4, 0.5) is 14.6 Å². The number of pyridine rings is 1.